The summed E-state index contributed by atoms with van der Waals surface area (Å²) in [6, 6.07) is 6.56. The highest BCUT2D eigenvalue weighted by molar-refractivity contribution is 5.29. The van der Waals surface area contributed by atoms with E-state index in [1.807, 2.05) is 20.8 Å². The normalized spacial score (nSPS) is 13.8. The molecule has 2 nitrogen and oxygen atoms in total. The maximum Gasteiger partial charge on any atom is 0.241 e. The van der Waals surface area contributed by atoms with Gasteiger partial charge >= 0.3 is 0 Å². The van der Waals surface area contributed by atoms with Gasteiger partial charge in [-0.25, -0.2) is 8.78 Å². The topological polar surface area (TPSA) is 29.5 Å². The Morgan fingerprint density at radius 3 is 2.12 bits per heavy atom. The summed E-state index contributed by atoms with van der Waals surface area (Å²) < 4.78 is 29.8. The lowest BCUT2D eigenvalue weighted by atomic mass is 10.1. The fourth-order valence-corrected chi connectivity index (χ4v) is 1.42. The average molecular weight is 244 g/mol. The zero-order valence-electron chi connectivity index (χ0n) is 10.3. The molecule has 0 saturated carbocycles. The van der Waals surface area contributed by atoms with Gasteiger partial charge in [-0.05, 0) is 38.5 Å². The van der Waals surface area contributed by atoms with Crippen LogP contribution in [0.2, 0.25) is 0 Å². The Morgan fingerprint density at radius 1 is 1.18 bits per heavy atom. The molecule has 1 unspecified atom stereocenters. The first-order valence-corrected chi connectivity index (χ1v) is 5.53. The van der Waals surface area contributed by atoms with E-state index in [2.05, 4.69) is 0 Å². The van der Waals surface area contributed by atoms with Gasteiger partial charge in [0.15, 0.2) is 0 Å². The van der Waals surface area contributed by atoms with Crippen LogP contribution in [-0.2, 0) is 0 Å². The van der Waals surface area contributed by atoms with E-state index in [1.165, 1.54) is 0 Å². The third-order valence-corrected chi connectivity index (χ3v) is 2.09. The summed E-state index contributed by atoms with van der Waals surface area (Å²) in [6.07, 6.45) is -4.17. The highest BCUT2D eigenvalue weighted by Crippen LogP contribution is 2.24. The van der Waals surface area contributed by atoms with Crippen LogP contribution in [0, 0.1) is 0 Å². The number of rotatable bonds is 4. The van der Waals surface area contributed by atoms with Gasteiger partial charge in [-0.3, -0.25) is 0 Å². The summed E-state index contributed by atoms with van der Waals surface area (Å²) in [5, 5.41) is 9.49. The van der Waals surface area contributed by atoms with E-state index in [4.69, 9.17) is 4.74 Å². The molecule has 1 rings (SSSR count). The van der Waals surface area contributed by atoms with E-state index in [1.54, 1.807) is 24.3 Å². The third kappa shape index (κ3) is 5.13. The minimum Gasteiger partial charge on any atom is -0.488 e. The van der Waals surface area contributed by atoms with Crippen molar-refractivity contribution in [2.75, 3.05) is 0 Å². The van der Waals surface area contributed by atoms with Crippen LogP contribution in [0.5, 0.6) is 5.75 Å². The molecule has 0 aliphatic rings. The third-order valence-electron chi connectivity index (χ3n) is 2.09. The van der Waals surface area contributed by atoms with Crippen LogP contribution in [-0.4, -0.2) is 17.1 Å². The molecule has 0 bridgehead atoms. The zero-order chi connectivity index (χ0) is 13.1. The minimum atomic E-state index is -2.50. The van der Waals surface area contributed by atoms with Crippen molar-refractivity contribution in [3.63, 3.8) is 0 Å². The Labute approximate surface area is 100 Å². The summed E-state index contributed by atoms with van der Waals surface area (Å²) in [4.78, 5) is 0. The maximum atomic E-state index is 12.1. The van der Waals surface area contributed by atoms with Gasteiger partial charge in [0.25, 0.3) is 0 Å². The molecule has 4 heteroatoms. The Hall–Kier alpha value is -1.16. The van der Waals surface area contributed by atoms with E-state index in [9.17, 15) is 13.9 Å². The van der Waals surface area contributed by atoms with Crippen LogP contribution < -0.4 is 4.74 Å². The van der Waals surface area contributed by atoms with Crippen molar-refractivity contribution in [1.29, 1.82) is 0 Å². The van der Waals surface area contributed by atoms with Crippen LogP contribution >= 0.6 is 0 Å². The molecular weight excluding hydrogens is 226 g/mol. The summed E-state index contributed by atoms with van der Waals surface area (Å²) in [5.74, 6) is 0.658. The summed E-state index contributed by atoms with van der Waals surface area (Å²) >= 11 is 0. The molecule has 1 N–H and O–H groups in total. The second-order valence-corrected chi connectivity index (χ2v) is 4.93. The van der Waals surface area contributed by atoms with Gasteiger partial charge in [0, 0.05) is 6.42 Å². The molecule has 0 radical (unpaired) electrons. The van der Waals surface area contributed by atoms with Crippen LogP contribution in [0.4, 0.5) is 8.78 Å². The molecule has 0 aliphatic heterocycles. The Kier molecular flexibility index (Phi) is 4.46. The molecule has 17 heavy (non-hydrogen) atoms. The van der Waals surface area contributed by atoms with Gasteiger partial charge in [-0.2, -0.15) is 0 Å². The SMILES string of the molecule is CC(C)(C)Oc1ccc(C(O)CC(F)F)cc1. The number of hydrogen-bond acceptors (Lipinski definition) is 2. The quantitative estimate of drug-likeness (QED) is 0.877. The van der Waals surface area contributed by atoms with Gasteiger partial charge in [-0.1, -0.05) is 12.1 Å². The molecule has 0 saturated heterocycles. The highest BCUT2D eigenvalue weighted by atomic mass is 19.3. The molecule has 0 aromatic heterocycles. The van der Waals surface area contributed by atoms with Crippen molar-refractivity contribution in [3.8, 4) is 5.75 Å². The largest absolute Gasteiger partial charge is 0.488 e. The number of alkyl halides is 2. The molecule has 1 atom stereocenters. The smallest absolute Gasteiger partial charge is 0.241 e. The Bertz CT molecular complexity index is 341. The van der Waals surface area contributed by atoms with Crippen LogP contribution in [0.15, 0.2) is 24.3 Å². The van der Waals surface area contributed by atoms with Gasteiger partial charge < -0.3 is 9.84 Å². The van der Waals surface area contributed by atoms with Gasteiger partial charge in [0.05, 0.1) is 6.10 Å². The van der Waals surface area contributed by atoms with Gasteiger partial charge in [0.1, 0.15) is 11.4 Å². The average Bonchev–Trinajstić information content (AvgIpc) is 2.15. The first-order valence-electron chi connectivity index (χ1n) is 5.53. The lowest BCUT2D eigenvalue weighted by Gasteiger charge is -2.21. The lowest BCUT2D eigenvalue weighted by Crippen LogP contribution is -2.22. The molecule has 0 aliphatic carbocycles. The predicted octanol–water partition coefficient (Wildman–Crippen LogP) is 3.55. The molecule has 1 aromatic rings. The van der Waals surface area contributed by atoms with Crippen LogP contribution in [0.25, 0.3) is 0 Å². The summed E-state index contributed by atoms with van der Waals surface area (Å²) in [5.41, 5.74) is 0.176. The highest BCUT2D eigenvalue weighted by Gasteiger charge is 2.15. The number of benzene rings is 1. The van der Waals surface area contributed by atoms with E-state index >= 15 is 0 Å². The van der Waals surface area contributed by atoms with E-state index < -0.39 is 19.0 Å². The minimum absolute atomic E-state index is 0.302. The fourth-order valence-electron chi connectivity index (χ4n) is 1.42. The monoisotopic (exact) mass is 244 g/mol. The van der Waals surface area contributed by atoms with Crippen LogP contribution in [0.1, 0.15) is 38.9 Å². The number of halogens is 2. The predicted molar refractivity (Wildman–Crippen MR) is 62.4 cm³/mol. The van der Waals surface area contributed by atoms with Crippen molar-refractivity contribution in [2.45, 2.75) is 45.3 Å². The second-order valence-electron chi connectivity index (χ2n) is 4.93. The molecule has 0 fully saturated rings. The van der Waals surface area contributed by atoms with Gasteiger partial charge in [-0.15, -0.1) is 0 Å². The molecular formula is C13H18F2O2. The number of hydrogen-bond donors (Lipinski definition) is 1. The summed E-state index contributed by atoms with van der Waals surface area (Å²) in [7, 11) is 0. The zero-order valence-corrected chi connectivity index (χ0v) is 10.3. The number of ether oxygens (including phenoxy) is 1. The molecule has 1 aromatic carbocycles. The molecule has 96 valence electrons. The van der Waals surface area contributed by atoms with E-state index in [-0.39, 0.29) is 5.60 Å². The number of aliphatic hydroxyl groups excluding tert-OH is 1. The first kappa shape index (κ1) is 13.9. The van der Waals surface area contributed by atoms with Gasteiger partial charge in [0.2, 0.25) is 6.43 Å². The van der Waals surface area contributed by atoms with Crippen molar-refractivity contribution in [2.24, 2.45) is 0 Å². The Morgan fingerprint density at radius 2 is 1.71 bits per heavy atom. The lowest BCUT2D eigenvalue weighted by molar-refractivity contribution is 0.0610. The summed E-state index contributed by atoms with van der Waals surface area (Å²) in [6.45, 7) is 5.77. The Balaban J connectivity index is 2.67. The first-order chi connectivity index (χ1) is 7.78. The maximum absolute atomic E-state index is 12.1. The van der Waals surface area contributed by atoms with Crippen molar-refractivity contribution >= 4 is 0 Å². The fraction of sp³-hybridized carbons (Fsp3) is 0.538. The molecule has 0 amide bonds. The number of aliphatic hydroxyl groups is 1. The standard InChI is InChI=1S/C13H18F2O2/c1-13(2,3)17-10-6-4-9(5-7-10)11(16)8-12(14)15/h4-7,11-12,16H,8H2,1-3H3. The van der Waals surface area contributed by atoms with Crippen molar-refractivity contribution in [3.05, 3.63) is 29.8 Å². The van der Waals surface area contributed by atoms with Crippen molar-refractivity contribution in [1.82, 2.24) is 0 Å². The van der Waals surface area contributed by atoms with E-state index in [0.29, 0.717) is 11.3 Å². The van der Waals surface area contributed by atoms with E-state index in [0.717, 1.165) is 0 Å². The van der Waals surface area contributed by atoms with Crippen molar-refractivity contribution < 1.29 is 18.6 Å². The second kappa shape index (κ2) is 5.45. The van der Waals surface area contributed by atoms with Crippen LogP contribution in [0.3, 0.4) is 0 Å². The molecule has 0 spiro atoms. The molecule has 0 heterocycles.